The van der Waals surface area contributed by atoms with Crippen LogP contribution in [-0.2, 0) is 5.75 Å². The fourth-order valence-corrected chi connectivity index (χ4v) is 2.51. The van der Waals surface area contributed by atoms with Gasteiger partial charge in [-0.1, -0.05) is 24.2 Å². The van der Waals surface area contributed by atoms with E-state index >= 15 is 0 Å². The van der Waals surface area contributed by atoms with Gasteiger partial charge in [0, 0.05) is 24.3 Å². The maximum Gasteiger partial charge on any atom is 0.270 e. The Morgan fingerprint density at radius 2 is 2.33 bits per heavy atom. The first-order chi connectivity index (χ1) is 10.1. The van der Waals surface area contributed by atoms with E-state index in [9.17, 15) is 10.1 Å². The number of aliphatic hydroxyl groups is 1. The summed E-state index contributed by atoms with van der Waals surface area (Å²) in [7, 11) is 0. The summed E-state index contributed by atoms with van der Waals surface area (Å²) in [6.07, 6.45) is 0. The number of aromatic nitrogens is 2. The third-order valence-corrected chi connectivity index (χ3v) is 3.98. The van der Waals surface area contributed by atoms with Crippen LogP contribution in [0.4, 0.5) is 5.69 Å². The number of benzene rings is 1. The predicted molar refractivity (Wildman–Crippen MR) is 78.8 cm³/mol. The van der Waals surface area contributed by atoms with Gasteiger partial charge in [0.05, 0.1) is 10.7 Å². The van der Waals surface area contributed by atoms with E-state index in [2.05, 4.69) is 10.1 Å². The van der Waals surface area contributed by atoms with Crippen LogP contribution in [0.25, 0.3) is 11.4 Å². The van der Waals surface area contributed by atoms with Crippen molar-refractivity contribution >= 4 is 17.4 Å². The van der Waals surface area contributed by atoms with Crippen molar-refractivity contribution in [2.75, 3.05) is 12.4 Å². The van der Waals surface area contributed by atoms with Gasteiger partial charge in [-0.25, -0.2) is 0 Å². The molecule has 0 saturated heterocycles. The standard InChI is InChI=1S/C13H15N3O4S/c1-9(6-17)7-21-8-12-14-13(15-20-12)10-3-2-4-11(5-10)16(18)19/h2-5,9,17H,6-8H2,1H3. The van der Waals surface area contributed by atoms with Crippen LogP contribution in [0.15, 0.2) is 28.8 Å². The van der Waals surface area contributed by atoms with E-state index in [1.54, 1.807) is 23.9 Å². The van der Waals surface area contributed by atoms with Gasteiger partial charge in [-0.3, -0.25) is 10.1 Å². The molecule has 0 spiro atoms. The summed E-state index contributed by atoms with van der Waals surface area (Å²) in [6.45, 7) is 2.10. The largest absolute Gasteiger partial charge is 0.396 e. The zero-order valence-corrected chi connectivity index (χ0v) is 12.2. The molecule has 1 atom stereocenters. The van der Waals surface area contributed by atoms with Crippen molar-refractivity contribution in [3.63, 3.8) is 0 Å². The van der Waals surface area contributed by atoms with Gasteiger partial charge >= 0.3 is 0 Å². The highest BCUT2D eigenvalue weighted by Gasteiger charge is 2.12. The smallest absolute Gasteiger partial charge is 0.270 e. The van der Waals surface area contributed by atoms with Crippen molar-refractivity contribution in [3.8, 4) is 11.4 Å². The molecule has 0 bridgehead atoms. The first-order valence-corrected chi connectivity index (χ1v) is 7.51. The number of nitrogens with zero attached hydrogens (tertiary/aromatic N) is 3. The molecular formula is C13H15N3O4S. The van der Waals surface area contributed by atoms with E-state index in [0.29, 0.717) is 23.0 Å². The Kier molecular flexibility index (Phi) is 5.29. The number of nitro benzene ring substituents is 1. The number of thioether (sulfide) groups is 1. The van der Waals surface area contributed by atoms with E-state index in [1.165, 1.54) is 12.1 Å². The van der Waals surface area contributed by atoms with Crippen molar-refractivity contribution in [3.05, 3.63) is 40.3 Å². The molecule has 0 radical (unpaired) electrons. The molecular weight excluding hydrogens is 294 g/mol. The lowest BCUT2D eigenvalue weighted by Gasteiger charge is -2.04. The van der Waals surface area contributed by atoms with Crippen molar-refractivity contribution in [2.45, 2.75) is 12.7 Å². The molecule has 2 aromatic rings. The molecule has 0 aliphatic heterocycles. The Labute approximate surface area is 125 Å². The molecule has 0 amide bonds. The van der Waals surface area contributed by atoms with E-state index in [0.717, 1.165) is 5.75 Å². The topological polar surface area (TPSA) is 102 Å². The number of non-ortho nitro benzene ring substituents is 1. The molecule has 2 rings (SSSR count). The first-order valence-electron chi connectivity index (χ1n) is 6.36. The molecule has 112 valence electrons. The number of nitro groups is 1. The SMILES string of the molecule is CC(CO)CSCc1nc(-c2cccc([N+](=O)[O-])c2)no1. The fourth-order valence-electron chi connectivity index (χ4n) is 1.59. The van der Waals surface area contributed by atoms with E-state index in [4.69, 9.17) is 9.63 Å². The Hall–Kier alpha value is -1.93. The maximum absolute atomic E-state index is 10.7. The number of aliphatic hydroxyl groups excluding tert-OH is 1. The quantitative estimate of drug-likeness (QED) is 0.619. The van der Waals surface area contributed by atoms with Gasteiger partial charge in [-0.05, 0) is 11.7 Å². The van der Waals surface area contributed by atoms with Gasteiger partial charge in [0.1, 0.15) is 0 Å². The highest BCUT2D eigenvalue weighted by Crippen LogP contribution is 2.22. The van der Waals surface area contributed by atoms with Gasteiger partial charge in [-0.2, -0.15) is 16.7 Å². The highest BCUT2D eigenvalue weighted by molar-refractivity contribution is 7.98. The lowest BCUT2D eigenvalue weighted by molar-refractivity contribution is -0.384. The molecule has 1 aromatic heterocycles. The van der Waals surface area contributed by atoms with Crippen molar-refractivity contribution in [1.82, 2.24) is 10.1 Å². The lowest BCUT2D eigenvalue weighted by Crippen LogP contribution is -2.03. The number of hydrogen-bond donors (Lipinski definition) is 1. The maximum atomic E-state index is 10.7. The van der Waals surface area contributed by atoms with Crippen molar-refractivity contribution in [1.29, 1.82) is 0 Å². The van der Waals surface area contributed by atoms with Crippen LogP contribution in [0.2, 0.25) is 0 Å². The zero-order valence-electron chi connectivity index (χ0n) is 11.4. The molecule has 0 aliphatic carbocycles. The second-order valence-corrected chi connectivity index (χ2v) is 5.65. The highest BCUT2D eigenvalue weighted by atomic mass is 32.2. The van der Waals surface area contributed by atoms with E-state index in [1.807, 2.05) is 6.92 Å². The second kappa shape index (κ2) is 7.19. The van der Waals surface area contributed by atoms with Crippen LogP contribution in [0.3, 0.4) is 0 Å². The second-order valence-electron chi connectivity index (χ2n) is 4.62. The van der Waals surface area contributed by atoms with Gasteiger partial charge in [0.25, 0.3) is 5.69 Å². The third kappa shape index (κ3) is 4.27. The summed E-state index contributed by atoms with van der Waals surface area (Å²) >= 11 is 1.59. The molecule has 1 aromatic carbocycles. The third-order valence-electron chi connectivity index (χ3n) is 2.72. The minimum Gasteiger partial charge on any atom is -0.396 e. The summed E-state index contributed by atoms with van der Waals surface area (Å²) in [5.74, 6) is 2.36. The molecule has 8 heteroatoms. The fraction of sp³-hybridized carbons (Fsp3) is 0.385. The molecule has 1 unspecified atom stereocenters. The van der Waals surface area contributed by atoms with Crippen LogP contribution in [-0.4, -0.2) is 32.5 Å². The summed E-state index contributed by atoms with van der Waals surface area (Å²) in [5, 5.41) is 23.5. The number of hydrogen-bond acceptors (Lipinski definition) is 7. The van der Waals surface area contributed by atoms with E-state index < -0.39 is 4.92 Å². The van der Waals surface area contributed by atoms with Gasteiger partial charge in [0.15, 0.2) is 0 Å². The van der Waals surface area contributed by atoms with Gasteiger partial charge < -0.3 is 9.63 Å². The normalized spacial score (nSPS) is 12.3. The average Bonchev–Trinajstić information content (AvgIpc) is 2.96. The monoisotopic (exact) mass is 309 g/mol. The first kappa shape index (κ1) is 15.5. The molecule has 0 saturated carbocycles. The van der Waals surface area contributed by atoms with Gasteiger partial charge in [0.2, 0.25) is 11.7 Å². The Balaban J connectivity index is 2.02. The minimum absolute atomic E-state index is 0.00926. The van der Waals surface area contributed by atoms with Crippen LogP contribution in [0.5, 0.6) is 0 Å². The summed E-state index contributed by atoms with van der Waals surface area (Å²) in [4.78, 5) is 14.5. The number of rotatable bonds is 7. The zero-order chi connectivity index (χ0) is 15.2. The molecule has 1 N–H and O–H groups in total. The molecule has 0 fully saturated rings. The molecule has 21 heavy (non-hydrogen) atoms. The van der Waals surface area contributed by atoms with E-state index in [-0.39, 0.29) is 18.2 Å². The summed E-state index contributed by atoms with van der Waals surface area (Å²) in [6, 6.07) is 6.11. The van der Waals surface area contributed by atoms with Crippen LogP contribution in [0, 0.1) is 16.0 Å². The Morgan fingerprint density at radius 3 is 3.05 bits per heavy atom. The lowest BCUT2D eigenvalue weighted by atomic mass is 10.2. The molecule has 1 heterocycles. The Morgan fingerprint density at radius 1 is 1.52 bits per heavy atom. The summed E-state index contributed by atoms with van der Waals surface area (Å²) < 4.78 is 5.12. The Bertz CT molecular complexity index is 617. The minimum atomic E-state index is -0.462. The predicted octanol–water partition coefficient (Wildman–Crippen LogP) is 2.51. The van der Waals surface area contributed by atoms with Crippen LogP contribution < -0.4 is 0 Å². The van der Waals surface area contributed by atoms with Crippen LogP contribution >= 0.6 is 11.8 Å². The average molecular weight is 309 g/mol. The van der Waals surface area contributed by atoms with Crippen LogP contribution in [0.1, 0.15) is 12.8 Å². The van der Waals surface area contributed by atoms with Crippen molar-refractivity contribution in [2.24, 2.45) is 5.92 Å². The molecule has 0 aliphatic rings. The summed E-state index contributed by atoms with van der Waals surface area (Å²) in [5.41, 5.74) is 0.540. The molecule has 7 nitrogen and oxygen atoms in total. The van der Waals surface area contributed by atoms with Crippen molar-refractivity contribution < 1.29 is 14.6 Å². The van der Waals surface area contributed by atoms with Gasteiger partial charge in [-0.15, -0.1) is 0 Å².